The number of carbonyl (C=O) groups is 2. The van der Waals surface area contributed by atoms with Gasteiger partial charge in [0.2, 0.25) is 0 Å². The van der Waals surface area contributed by atoms with E-state index >= 15 is 0 Å². The predicted molar refractivity (Wildman–Crippen MR) is 97.9 cm³/mol. The number of rotatable bonds is 6. The molecule has 3 aromatic rings. The van der Waals surface area contributed by atoms with E-state index in [0.717, 1.165) is 18.5 Å². The quantitative estimate of drug-likeness (QED) is 0.643. The summed E-state index contributed by atoms with van der Waals surface area (Å²) in [5.41, 5.74) is 1.96. The number of anilines is 1. The van der Waals surface area contributed by atoms with Crippen molar-refractivity contribution in [3.8, 4) is 0 Å². The van der Waals surface area contributed by atoms with Crippen LogP contribution in [-0.4, -0.2) is 33.3 Å². The summed E-state index contributed by atoms with van der Waals surface area (Å²) >= 11 is 0. The van der Waals surface area contributed by atoms with Gasteiger partial charge in [0.25, 0.3) is 11.6 Å². The fourth-order valence-corrected chi connectivity index (χ4v) is 3.01. The van der Waals surface area contributed by atoms with Crippen LogP contribution < -0.4 is 5.32 Å². The zero-order valence-corrected chi connectivity index (χ0v) is 15.8. The van der Waals surface area contributed by atoms with Crippen molar-refractivity contribution in [1.82, 2.24) is 15.3 Å². The van der Waals surface area contributed by atoms with Crippen LogP contribution >= 0.6 is 0 Å². The number of esters is 1. The molecule has 0 unspecified atom stereocenters. The Hall–Kier alpha value is -3.23. The number of nitrogens with one attached hydrogen (secondary N) is 1. The lowest BCUT2D eigenvalue weighted by atomic mass is 10.1. The average molecular weight is 384 g/mol. The zero-order valence-electron chi connectivity index (χ0n) is 15.8. The molecule has 0 spiro atoms. The van der Waals surface area contributed by atoms with Gasteiger partial charge in [0, 0.05) is 17.7 Å². The van der Waals surface area contributed by atoms with Gasteiger partial charge in [-0.1, -0.05) is 17.2 Å². The molecule has 4 rings (SSSR count). The fourth-order valence-electron chi connectivity index (χ4n) is 3.01. The normalized spacial score (nSPS) is 14.8. The molecule has 0 radical (unpaired) electrons. The number of nitrogens with zero attached hydrogens (tertiary/aromatic N) is 3. The summed E-state index contributed by atoms with van der Waals surface area (Å²) in [7, 11) is 0. The first kappa shape index (κ1) is 18.1. The Kier molecular flexibility index (Phi) is 4.58. The summed E-state index contributed by atoms with van der Waals surface area (Å²) in [5, 5.41) is 10.7. The summed E-state index contributed by atoms with van der Waals surface area (Å²) in [4.78, 5) is 29.8. The number of hydrogen-bond acceptors (Lipinski definition) is 8. The van der Waals surface area contributed by atoms with Crippen LogP contribution in [0.2, 0.25) is 0 Å². The third-order valence-electron chi connectivity index (χ3n) is 4.64. The predicted octanol–water partition coefficient (Wildman–Crippen LogP) is 3.28. The van der Waals surface area contributed by atoms with E-state index in [4.69, 9.17) is 13.8 Å². The van der Waals surface area contributed by atoms with Crippen LogP contribution in [0.3, 0.4) is 0 Å². The maximum atomic E-state index is 12.9. The lowest BCUT2D eigenvalue weighted by Gasteiger charge is -2.15. The highest BCUT2D eigenvalue weighted by Crippen LogP contribution is 2.40. The van der Waals surface area contributed by atoms with Crippen LogP contribution in [-0.2, 0) is 9.53 Å². The summed E-state index contributed by atoms with van der Waals surface area (Å²) < 4.78 is 15.7. The first-order valence-electron chi connectivity index (χ1n) is 9.18. The molecule has 0 saturated heterocycles. The van der Waals surface area contributed by atoms with Gasteiger partial charge in [-0.05, 0) is 39.2 Å². The summed E-state index contributed by atoms with van der Waals surface area (Å²) in [6, 6.07) is 3.30. The van der Waals surface area contributed by atoms with E-state index < -0.39 is 18.0 Å². The van der Waals surface area contributed by atoms with Crippen molar-refractivity contribution in [1.29, 1.82) is 0 Å². The van der Waals surface area contributed by atoms with Crippen molar-refractivity contribution < 1.29 is 23.4 Å². The summed E-state index contributed by atoms with van der Waals surface area (Å²) in [5.74, 6) is 0.0733. The number of carbonyl (C=O) groups excluding carboxylic acids is 2. The molecule has 0 aliphatic heterocycles. The van der Waals surface area contributed by atoms with Crippen LogP contribution in [0.25, 0.3) is 11.1 Å². The molecule has 1 fully saturated rings. The molecule has 1 aliphatic carbocycles. The van der Waals surface area contributed by atoms with E-state index in [1.807, 2.05) is 0 Å². The van der Waals surface area contributed by atoms with Crippen molar-refractivity contribution in [2.24, 2.45) is 0 Å². The molecule has 1 aliphatic rings. The second-order valence-electron chi connectivity index (χ2n) is 6.93. The first-order valence-corrected chi connectivity index (χ1v) is 9.18. The average Bonchev–Trinajstić information content (AvgIpc) is 3.36. The van der Waals surface area contributed by atoms with Crippen LogP contribution in [0.4, 0.5) is 5.82 Å². The van der Waals surface area contributed by atoms with E-state index in [-0.39, 0.29) is 5.82 Å². The number of pyridine rings is 1. The third kappa shape index (κ3) is 3.47. The van der Waals surface area contributed by atoms with Gasteiger partial charge in [0.05, 0.1) is 16.6 Å². The maximum absolute atomic E-state index is 12.9. The molecular formula is C19H20N4O5. The Morgan fingerprint density at radius 3 is 2.68 bits per heavy atom. The van der Waals surface area contributed by atoms with Crippen LogP contribution in [0.15, 0.2) is 21.2 Å². The van der Waals surface area contributed by atoms with Gasteiger partial charge < -0.3 is 19.1 Å². The number of aromatic nitrogens is 3. The Morgan fingerprint density at radius 2 is 2.04 bits per heavy atom. The molecule has 3 heterocycles. The Labute approximate surface area is 160 Å². The molecule has 1 amide bonds. The van der Waals surface area contributed by atoms with E-state index in [9.17, 15) is 9.59 Å². The first-order chi connectivity index (χ1) is 13.5. The van der Waals surface area contributed by atoms with Crippen molar-refractivity contribution in [3.63, 3.8) is 0 Å². The molecule has 9 nitrogen and oxygen atoms in total. The minimum atomic E-state index is -0.975. The monoisotopic (exact) mass is 384 g/mol. The molecule has 1 saturated carbocycles. The summed E-state index contributed by atoms with van der Waals surface area (Å²) in [6.07, 6.45) is 1.38. The number of ether oxygens (including phenoxy) is 1. The highest BCUT2D eigenvalue weighted by atomic mass is 16.5. The SMILES string of the molecule is CC[C@@H](OC(=O)c1cc(C2CC2)nc2onc(C)c12)C(=O)Nc1cc(C)on1. The molecule has 9 heteroatoms. The summed E-state index contributed by atoms with van der Waals surface area (Å²) in [6.45, 7) is 5.21. The number of hydrogen-bond donors (Lipinski definition) is 1. The zero-order chi connectivity index (χ0) is 19.8. The molecule has 28 heavy (non-hydrogen) atoms. The van der Waals surface area contributed by atoms with Crippen molar-refractivity contribution in [2.45, 2.75) is 52.1 Å². The molecular weight excluding hydrogens is 364 g/mol. The Morgan fingerprint density at radius 1 is 1.25 bits per heavy atom. The lowest BCUT2D eigenvalue weighted by Crippen LogP contribution is -2.32. The van der Waals surface area contributed by atoms with E-state index in [2.05, 4.69) is 20.6 Å². The highest BCUT2D eigenvalue weighted by Gasteiger charge is 2.30. The molecule has 3 aromatic heterocycles. The molecule has 0 bridgehead atoms. The van der Waals surface area contributed by atoms with Crippen LogP contribution in [0, 0.1) is 13.8 Å². The van der Waals surface area contributed by atoms with Crippen LogP contribution in [0.5, 0.6) is 0 Å². The van der Waals surface area contributed by atoms with Crippen molar-refractivity contribution >= 4 is 28.8 Å². The number of aryl methyl sites for hydroxylation is 2. The van der Waals surface area contributed by atoms with E-state index in [1.54, 1.807) is 32.9 Å². The largest absolute Gasteiger partial charge is 0.449 e. The van der Waals surface area contributed by atoms with E-state index in [1.165, 1.54) is 0 Å². The van der Waals surface area contributed by atoms with Gasteiger partial charge in [0.15, 0.2) is 11.9 Å². The fraction of sp³-hybridized carbons (Fsp3) is 0.421. The van der Waals surface area contributed by atoms with Gasteiger partial charge in [-0.3, -0.25) is 4.79 Å². The van der Waals surface area contributed by atoms with Gasteiger partial charge >= 0.3 is 5.97 Å². The molecule has 146 valence electrons. The number of amides is 1. The van der Waals surface area contributed by atoms with Crippen molar-refractivity contribution in [3.05, 3.63) is 34.8 Å². The topological polar surface area (TPSA) is 120 Å². The minimum Gasteiger partial charge on any atom is -0.449 e. The Bertz CT molecular complexity index is 1050. The standard InChI is InChI=1S/C19H20N4O5/c1-4-14(17(24)21-15-7-9(2)27-23-15)26-19(25)12-8-13(11-5-6-11)20-18-16(12)10(3)22-28-18/h7-8,11,14H,4-6H2,1-3H3,(H,21,23,24)/t14-/m1/s1. The second kappa shape index (κ2) is 7.06. The third-order valence-corrected chi connectivity index (χ3v) is 4.64. The van der Waals surface area contributed by atoms with Gasteiger partial charge in [0.1, 0.15) is 5.76 Å². The van der Waals surface area contributed by atoms with Gasteiger partial charge in [-0.25, -0.2) is 9.78 Å². The number of fused-ring (bicyclic) bond motifs is 1. The molecule has 1 N–H and O–H groups in total. The van der Waals surface area contributed by atoms with Gasteiger partial charge in [-0.15, -0.1) is 0 Å². The highest BCUT2D eigenvalue weighted by molar-refractivity contribution is 6.04. The van der Waals surface area contributed by atoms with Crippen molar-refractivity contribution in [2.75, 3.05) is 5.32 Å². The smallest absolute Gasteiger partial charge is 0.339 e. The van der Waals surface area contributed by atoms with Gasteiger partial charge in [-0.2, -0.15) is 0 Å². The maximum Gasteiger partial charge on any atom is 0.339 e. The van der Waals surface area contributed by atoms with E-state index in [0.29, 0.717) is 40.5 Å². The minimum absolute atomic E-state index is 0.272. The Balaban J connectivity index is 1.58. The second-order valence-corrected chi connectivity index (χ2v) is 6.93. The molecule has 1 atom stereocenters. The molecule has 0 aromatic carbocycles. The van der Waals surface area contributed by atoms with Crippen LogP contribution in [0.1, 0.15) is 59.6 Å². The lowest BCUT2D eigenvalue weighted by molar-refractivity contribution is -0.124.